The zero-order chi connectivity index (χ0) is 21.8. The van der Waals surface area contributed by atoms with Gasteiger partial charge in [0, 0.05) is 12.8 Å². The second kappa shape index (κ2) is 9.14. The van der Waals surface area contributed by atoms with Gasteiger partial charge in [-0.25, -0.2) is 0 Å². The van der Waals surface area contributed by atoms with E-state index in [2.05, 4.69) is 24.0 Å². The van der Waals surface area contributed by atoms with Gasteiger partial charge in [-0.05, 0) is 52.3 Å². The lowest BCUT2D eigenvalue weighted by atomic mass is 9.89. The molecule has 158 valence electrons. The standard InChI is InChI=1S/C26H26N2O3/c1-17-21(8-7-20(14-27)25(17)28-15-18-5-3-2-4-6-18)16-31-22-11-9-19(10-12-22)23-13-24(23)26(29)30/h2-12,14,23-25,27-28H,1,13,15-16H2,(H,29,30). The van der Waals surface area contributed by atoms with Crippen molar-refractivity contribution < 1.29 is 14.6 Å². The molecule has 1 fully saturated rings. The number of nitrogens with one attached hydrogen (secondary N) is 2. The van der Waals surface area contributed by atoms with Crippen molar-refractivity contribution in [2.45, 2.75) is 24.9 Å². The maximum atomic E-state index is 11.1. The van der Waals surface area contributed by atoms with E-state index < -0.39 is 5.97 Å². The largest absolute Gasteiger partial charge is 0.489 e. The lowest BCUT2D eigenvalue weighted by Gasteiger charge is -2.27. The zero-order valence-electron chi connectivity index (χ0n) is 17.3. The molecule has 0 heterocycles. The summed E-state index contributed by atoms with van der Waals surface area (Å²) in [6.07, 6.45) is 5.97. The van der Waals surface area contributed by atoms with E-state index in [1.165, 1.54) is 11.8 Å². The van der Waals surface area contributed by atoms with Gasteiger partial charge in [0.1, 0.15) is 12.4 Å². The molecule has 0 saturated heterocycles. The van der Waals surface area contributed by atoms with Crippen LogP contribution in [0, 0.1) is 11.3 Å². The van der Waals surface area contributed by atoms with E-state index in [0.29, 0.717) is 19.6 Å². The highest BCUT2D eigenvalue weighted by atomic mass is 16.5. The maximum Gasteiger partial charge on any atom is 0.307 e. The summed E-state index contributed by atoms with van der Waals surface area (Å²) in [5, 5.41) is 20.3. The van der Waals surface area contributed by atoms with Crippen LogP contribution in [-0.2, 0) is 11.3 Å². The molecule has 31 heavy (non-hydrogen) atoms. The minimum absolute atomic E-state index is 0.119. The van der Waals surface area contributed by atoms with Crippen LogP contribution < -0.4 is 10.1 Å². The molecule has 2 aliphatic carbocycles. The second-order valence-electron chi connectivity index (χ2n) is 7.97. The maximum absolute atomic E-state index is 11.1. The van der Waals surface area contributed by atoms with Crippen molar-refractivity contribution in [3.63, 3.8) is 0 Å². The van der Waals surface area contributed by atoms with Crippen LogP contribution in [0.4, 0.5) is 0 Å². The number of aliphatic carboxylic acids is 1. The van der Waals surface area contributed by atoms with Crippen LogP contribution in [0.2, 0.25) is 0 Å². The third-order valence-electron chi connectivity index (χ3n) is 5.90. The Morgan fingerprint density at radius 2 is 1.90 bits per heavy atom. The fourth-order valence-corrected chi connectivity index (χ4v) is 3.92. The van der Waals surface area contributed by atoms with Gasteiger partial charge in [0.15, 0.2) is 0 Å². The Bertz CT molecular complexity index is 1040. The Morgan fingerprint density at radius 3 is 2.55 bits per heavy atom. The average Bonchev–Trinajstić information content (AvgIpc) is 3.60. The molecule has 5 nitrogen and oxygen atoms in total. The number of carboxylic acid groups (broad SMARTS) is 1. The molecule has 0 bridgehead atoms. The first kappa shape index (κ1) is 20.8. The molecular formula is C26H26N2O3. The molecule has 0 aliphatic heterocycles. The number of rotatable bonds is 9. The predicted octanol–water partition coefficient (Wildman–Crippen LogP) is 4.48. The van der Waals surface area contributed by atoms with E-state index in [1.807, 2.05) is 54.6 Å². The molecule has 1 saturated carbocycles. The van der Waals surface area contributed by atoms with Gasteiger partial charge in [0.2, 0.25) is 0 Å². The van der Waals surface area contributed by atoms with Crippen LogP contribution in [0.5, 0.6) is 5.75 Å². The molecule has 5 heteroatoms. The van der Waals surface area contributed by atoms with Crippen LogP contribution in [-0.4, -0.2) is 29.9 Å². The zero-order valence-corrected chi connectivity index (χ0v) is 17.3. The van der Waals surface area contributed by atoms with E-state index >= 15 is 0 Å². The van der Waals surface area contributed by atoms with E-state index in [4.69, 9.17) is 15.3 Å². The average molecular weight is 415 g/mol. The topological polar surface area (TPSA) is 82.4 Å². The smallest absolute Gasteiger partial charge is 0.307 e. The first-order valence-electron chi connectivity index (χ1n) is 10.4. The third kappa shape index (κ3) is 4.84. The minimum atomic E-state index is -0.721. The summed E-state index contributed by atoms with van der Waals surface area (Å²) < 4.78 is 5.97. The van der Waals surface area contributed by atoms with Crippen molar-refractivity contribution in [2.24, 2.45) is 5.92 Å². The quantitative estimate of drug-likeness (QED) is 0.528. The van der Waals surface area contributed by atoms with E-state index in [1.54, 1.807) is 0 Å². The van der Waals surface area contributed by atoms with Gasteiger partial charge < -0.3 is 20.6 Å². The summed E-state index contributed by atoms with van der Waals surface area (Å²) in [5.41, 5.74) is 4.97. The first-order chi connectivity index (χ1) is 15.1. The van der Waals surface area contributed by atoms with Gasteiger partial charge in [-0.3, -0.25) is 4.79 Å². The van der Waals surface area contributed by atoms with Crippen LogP contribution >= 0.6 is 0 Å². The number of hydrogen-bond donors (Lipinski definition) is 3. The van der Waals surface area contributed by atoms with Crippen molar-refractivity contribution in [3.8, 4) is 5.75 Å². The Hall–Kier alpha value is -3.44. The lowest BCUT2D eigenvalue weighted by Crippen LogP contribution is -2.35. The molecule has 0 aromatic heterocycles. The Morgan fingerprint density at radius 1 is 1.16 bits per heavy atom. The number of carboxylic acids is 1. The highest BCUT2D eigenvalue weighted by Crippen LogP contribution is 2.47. The second-order valence-corrected chi connectivity index (χ2v) is 7.97. The monoisotopic (exact) mass is 414 g/mol. The van der Waals surface area contributed by atoms with Crippen molar-refractivity contribution in [2.75, 3.05) is 6.61 Å². The molecule has 4 rings (SSSR count). The summed E-state index contributed by atoms with van der Waals surface area (Å²) in [7, 11) is 0. The Balaban J connectivity index is 1.36. The number of hydrogen-bond acceptors (Lipinski definition) is 4. The van der Waals surface area contributed by atoms with Crippen molar-refractivity contribution in [1.29, 1.82) is 5.41 Å². The summed E-state index contributed by atoms with van der Waals surface area (Å²) in [6.45, 7) is 5.32. The fraction of sp³-hybridized carbons (Fsp3) is 0.231. The van der Waals surface area contributed by atoms with Gasteiger partial charge in [0.25, 0.3) is 0 Å². The molecule has 3 unspecified atom stereocenters. The van der Waals surface area contributed by atoms with Crippen LogP contribution in [0.15, 0.2) is 90.0 Å². The van der Waals surface area contributed by atoms with E-state index in [-0.39, 0.29) is 17.9 Å². The number of benzene rings is 2. The molecule has 3 N–H and O–H groups in total. The van der Waals surface area contributed by atoms with Gasteiger partial charge in [-0.1, -0.05) is 61.2 Å². The van der Waals surface area contributed by atoms with Crippen molar-refractivity contribution in [3.05, 3.63) is 101 Å². The Labute approximate surface area is 182 Å². The molecule has 2 aromatic rings. The van der Waals surface area contributed by atoms with Gasteiger partial charge in [-0.2, -0.15) is 0 Å². The summed E-state index contributed by atoms with van der Waals surface area (Å²) >= 11 is 0. The normalized spacial score (nSPS) is 22.3. The molecule has 2 aliphatic rings. The van der Waals surface area contributed by atoms with Crippen molar-refractivity contribution >= 4 is 12.2 Å². The van der Waals surface area contributed by atoms with E-state index in [9.17, 15) is 4.79 Å². The minimum Gasteiger partial charge on any atom is -0.489 e. The van der Waals surface area contributed by atoms with E-state index in [0.717, 1.165) is 28.0 Å². The predicted molar refractivity (Wildman–Crippen MR) is 122 cm³/mol. The molecule has 0 spiro atoms. The molecule has 2 aromatic carbocycles. The number of ether oxygens (including phenoxy) is 1. The molecule has 3 atom stereocenters. The number of carbonyl (C=O) groups is 1. The Kier molecular flexibility index (Phi) is 6.14. The molecule has 0 amide bonds. The number of allylic oxidation sites excluding steroid dienone is 2. The summed E-state index contributed by atoms with van der Waals surface area (Å²) in [6, 6.07) is 17.7. The first-order valence-corrected chi connectivity index (χ1v) is 10.4. The fourth-order valence-electron chi connectivity index (χ4n) is 3.92. The summed E-state index contributed by atoms with van der Waals surface area (Å²) in [5.74, 6) is -0.118. The van der Waals surface area contributed by atoms with Gasteiger partial charge in [0.05, 0.1) is 12.0 Å². The third-order valence-corrected chi connectivity index (χ3v) is 5.90. The van der Waals surface area contributed by atoms with Gasteiger partial charge >= 0.3 is 5.97 Å². The van der Waals surface area contributed by atoms with Crippen LogP contribution in [0.3, 0.4) is 0 Å². The highest BCUT2D eigenvalue weighted by Gasteiger charge is 2.44. The van der Waals surface area contributed by atoms with Crippen LogP contribution in [0.25, 0.3) is 0 Å². The van der Waals surface area contributed by atoms with Gasteiger partial charge in [-0.15, -0.1) is 0 Å². The lowest BCUT2D eigenvalue weighted by molar-refractivity contribution is -0.138. The highest BCUT2D eigenvalue weighted by molar-refractivity contribution is 5.81. The SMILES string of the molecule is C=C1C(COc2ccc(C3CC3C(=O)O)cc2)=CC=C(C=N)C1NCc1ccccc1. The molecular weight excluding hydrogens is 388 g/mol. The van der Waals surface area contributed by atoms with Crippen molar-refractivity contribution in [1.82, 2.24) is 5.32 Å². The molecule has 0 radical (unpaired) electrons. The summed E-state index contributed by atoms with van der Waals surface area (Å²) in [4.78, 5) is 11.1. The van der Waals surface area contributed by atoms with Crippen LogP contribution in [0.1, 0.15) is 23.5 Å².